The fourth-order valence-corrected chi connectivity index (χ4v) is 4.03. The molecule has 1 amide bonds. The van der Waals surface area contributed by atoms with E-state index in [0.717, 1.165) is 11.1 Å². The van der Waals surface area contributed by atoms with Crippen LogP contribution in [-0.2, 0) is 18.0 Å². The van der Waals surface area contributed by atoms with Crippen LogP contribution in [0.25, 0.3) is 6.08 Å². The molecule has 0 aromatic heterocycles. The molecule has 0 saturated carbocycles. The Morgan fingerprint density at radius 1 is 0.800 bits per heavy atom. The van der Waals surface area contributed by atoms with E-state index in [1.165, 1.54) is 6.08 Å². The second-order valence-corrected chi connectivity index (χ2v) is 9.46. The van der Waals surface area contributed by atoms with E-state index in [1.807, 2.05) is 61.5 Å². The summed E-state index contributed by atoms with van der Waals surface area (Å²) < 4.78 is 17.9. The van der Waals surface area contributed by atoms with Gasteiger partial charge in [-0.05, 0) is 78.7 Å². The number of ether oxygens (including phenoxy) is 3. The molecule has 0 aliphatic heterocycles. The smallest absolute Gasteiger partial charge is 0.266 e. The maximum absolute atomic E-state index is 12.7. The van der Waals surface area contributed by atoms with Crippen molar-refractivity contribution in [2.24, 2.45) is 0 Å². The Labute approximate surface area is 243 Å². The van der Waals surface area contributed by atoms with Gasteiger partial charge in [0.2, 0.25) is 0 Å². The molecule has 6 nitrogen and oxygen atoms in total. The lowest BCUT2D eigenvalue weighted by Crippen LogP contribution is -2.13. The molecule has 0 aliphatic rings. The van der Waals surface area contributed by atoms with Gasteiger partial charge in [-0.1, -0.05) is 59.6 Å². The summed E-state index contributed by atoms with van der Waals surface area (Å²) in [5.41, 5.74) is 2.80. The van der Waals surface area contributed by atoms with Crippen LogP contribution >= 0.6 is 23.2 Å². The third-order valence-electron chi connectivity index (χ3n) is 5.68. The minimum absolute atomic E-state index is 0.111. The number of benzene rings is 4. The highest BCUT2D eigenvalue weighted by Crippen LogP contribution is 2.31. The van der Waals surface area contributed by atoms with E-state index in [1.54, 1.807) is 42.5 Å². The first-order chi connectivity index (χ1) is 19.4. The first-order valence-corrected chi connectivity index (χ1v) is 13.2. The van der Waals surface area contributed by atoms with Crippen LogP contribution in [0.15, 0.2) is 96.6 Å². The fraction of sp³-hybridized carbons (Fsp3) is 0.125. The summed E-state index contributed by atoms with van der Waals surface area (Å²) in [7, 11) is 0. The molecule has 4 rings (SSSR count). The van der Waals surface area contributed by atoms with Gasteiger partial charge in [-0.3, -0.25) is 4.79 Å². The van der Waals surface area contributed by atoms with E-state index >= 15 is 0 Å². The Hall–Kier alpha value is -4.44. The van der Waals surface area contributed by atoms with Gasteiger partial charge in [0.25, 0.3) is 5.91 Å². The third kappa shape index (κ3) is 8.03. The quantitative estimate of drug-likeness (QED) is 0.145. The average Bonchev–Trinajstić information content (AvgIpc) is 2.96. The highest BCUT2D eigenvalue weighted by atomic mass is 35.5. The molecule has 0 radical (unpaired) electrons. The topological polar surface area (TPSA) is 80.6 Å². The lowest BCUT2D eigenvalue weighted by molar-refractivity contribution is -0.112. The summed E-state index contributed by atoms with van der Waals surface area (Å²) in [4.78, 5) is 12.7. The van der Waals surface area contributed by atoms with Crippen LogP contribution in [-0.4, -0.2) is 12.5 Å². The molecule has 4 aromatic carbocycles. The van der Waals surface area contributed by atoms with Crippen molar-refractivity contribution in [3.63, 3.8) is 0 Å². The second-order valence-electron chi connectivity index (χ2n) is 8.59. The molecule has 4 aromatic rings. The Morgan fingerprint density at radius 2 is 1.48 bits per heavy atom. The predicted molar refractivity (Wildman–Crippen MR) is 158 cm³/mol. The summed E-state index contributed by atoms with van der Waals surface area (Å²) in [6.07, 6.45) is 1.44. The number of amides is 1. The van der Waals surface area contributed by atoms with Gasteiger partial charge in [0, 0.05) is 21.3 Å². The van der Waals surface area contributed by atoms with Crippen molar-refractivity contribution in [3.8, 4) is 23.3 Å². The van der Waals surface area contributed by atoms with Crippen molar-refractivity contribution in [3.05, 3.63) is 123 Å². The average molecular weight is 573 g/mol. The Bertz CT molecular complexity index is 1530. The van der Waals surface area contributed by atoms with E-state index in [-0.39, 0.29) is 12.2 Å². The van der Waals surface area contributed by atoms with Gasteiger partial charge in [-0.15, -0.1) is 0 Å². The number of nitriles is 1. The Balaban J connectivity index is 1.49. The largest absolute Gasteiger partial charge is 0.490 e. The monoisotopic (exact) mass is 572 g/mol. The van der Waals surface area contributed by atoms with Crippen LogP contribution in [0.1, 0.15) is 23.6 Å². The lowest BCUT2D eigenvalue weighted by atomic mass is 10.1. The van der Waals surface area contributed by atoms with Gasteiger partial charge >= 0.3 is 0 Å². The number of carbonyl (C=O) groups excluding carboxylic acids is 1. The lowest BCUT2D eigenvalue weighted by Gasteiger charge is -2.15. The minimum atomic E-state index is -0.566. The predicted octanol–water partition coefficient (Wildman–Crippen LogP) is 8.10. The number of hydrogen-bond acceptors (Lipinski definition) is 5. The maximum atomic E-state index is 12.7. The highest BCUT2D eigenvalue weighted by molar-refractivity contribution is 6.31. The van der Waals surface area contributed by atoms with Crippen molar-refractivity contribution < 1.29 is 19.0 Å². The molecular formula is C32H26Cl2N2O4. The van der Waals surface area contributed by atoms with Crippen molar-refractivity contribution in [1.29, 1.82) is 5.26 Å². The Morgan fingerprint density at radius 3 is 2.20 bits per heavy atom. The molecule has 1 N–H and O–H groups in total. The number of carbonyl (C=O) groups is 1. The van der Waals surface area contributed by atoms with Crippen molar-refractivity contribution in [2.45, 2.75) is 20.1 Å². The third-order valence-corrected chi connectivity index (χ3v) is 6.17. The number of anilines is 1. The van der Waals surface area contributed by atoms with E-state index < -0.39 is 5.91 Å². The van der Waals surface area contributed by atoms with Crippen LogP contribution < -0.4 is 19.5 Å². The van der Waals surface area contributed by atoms with Crippen molar-refractivity contribution >= 4 is 40.9 Å². The summed E-state index contributed by atoms with van der Waals surface area (Å²) in [5.74, 6) is 1.14. The molecule has 0 fully saturated rings. The van der Waals surface area contributed by atoms with Gasteiger partial charge in [0.1, 0.15) is 30.6 Å². The molecule has 0 atom stereocenters. The number of rotatable bonds is 11. The van der Waals surface area contributed by atoms with Crippen LogP contribution in [0.4, 0.5) is 5.69 Å². The second kappa shape index (κ2) is 14.1. The van der Waals surface area contributed by atoms with Gasteiger partial charge in [-0.2, -0.15) is 5.26 Å². The first-order valence-electron chi connectivity index (χ1n) is 12.5. The molecule has 0 saturated heterocycles. The molecular weight excluding hydrogens is 547 g/mol. The number of hydrogen-bond donors (Lipinski definition) is 1. The molecule has 8 heteroatoms. The summed E-state index contributed by atoms with van der Waals surface area (Å²) in [5, 5.41) is 13.3. The summed E-state index contributed by atoms with van der Waals surface area (Å²) >= 11 is 12.1. The zero-order valence-corrected chi connectivity index (χ0v) is 23.2. The summed E-state index contributed by atoms with van der Waals surface area (Å²) in [6.45, 7) is 3.02. The first kappa shape index (κ1) is 28.6. The molecule has 0 spiro atoms. The zero-order chi connectivity index (χ0) is 28.3. The minimum Gasteiger partial charge on any atom is -0.490 e. The van der Waals surface area contributed by atoms with Crippen molar-refractivity contribution in [2.75, 3.05) is 11.9 Å². The van der Waals surface area contributed by atoms with Crippen LogP contribution in [0.5, 0.6) is 17.2 Å². The molecule has 0 aliphatic carbocycles. The van der Waals surface area contributed by atoms with Crippen LogP contribution in [0, 0.1) is 11.3 Å². The van der Waals surface area contributed by atoms with Gasteiger partial charge in [-0.25, -0.2) is 0 Å². The van der Waals surface area contributed by atoms with E-state index in [9.17, 15) is 10.1 Å². The Kier molecular flexibility index (Phi) is 10.1. The molecule has 202 valence electrons. The maximum Gasteiger partial charge on any atom is 0.266 e. The van der Waals surface area contributed by atoms with Crippen LogP contribution in [0.3, 0.4) is 0 Å². The van der Waals surface area contributed by atoms with Crippen LogP contribution in [0.2, 0.25) is 10.0 Å². The molecule has 0 unspecified atom stereocenters. The molecule has 0 heterocycles. The SMILES string of the molecule is CCOc1cc(COc2ccc(Cl)cc2/C=C(/C#N)C(=O)Nc2ccc(Cl)cc2)ccc1OCc1ccccc1. The summed E-state index contributed by atoms with van der Waals surface area (Å²) in [6, 6.07) is 29.1. The van der Waals surface area contributed by atoms with E-state index in [0.29, 0.717) is 51.8 Å². The fourth-order valence-electron chi connectivity index (χ4n) is 3.73. The molecule has 0 bridgehead atoms. The van der Waals surface area contributed by atoms with Crippen molar-refractivity contribution in [1.82, 2.24) is 0 Å². The highest BCUT2D eigenvalue weighted by Gasteiger charge is 2.13. The van der Waals surface area contributed by atoms with Gasteiger partial charge < -0.3 is 19.5 Å². The van der Waals surface area contributed by atoms with E-state index in [2.05, 4.69) is 5.32 Å². The van der Waals surface area contributed by atoms with E-state index in [4.69, 9.17) is 37.4 Å². The number of nitrogens with zero attached hydrogens (tertiary/aromatic N) is 1. The number of nitrogens with one attached hydrogen (secondary N) is 1. The standard InChI is InChI=1S/C32H26Cl2N2O4/c1-2-38-31-16-23(8-14-30(31)40-20-22-6-4-3-5-7-22)21-39-29-15-11-27(34)18-24(29)17-25(19-35)32(37)36-28-12-9-26(33)10-13-28/h3-18H,2,20-21H2,1H3,(H,36,37)/b25-17-. The van der Waals surface area contributed by atoms with Gasteiger partial charge in [0.15, 0.2) is 11.5 Å². The van der Waals surface area contributed by atoms with Gasteiger partial charge in [0.05, 0.1) is 6.61 Å². The normalized spacial score (nSPS) is 10.9. The molecule has 40 heavy (non-hydrogen) atoms. The number of halogens is 2. The zero-order valence-electron chi connectivity index (χ0n) is 21.7.